The van der Waals surface area contributed by atoms with Gasteiger partial charge in [0.25, 0.3) is 0 Å². The molecule has 0 aliphatic heterocycles. The second-order valence-electron chi connectivity index (χ2n) is 3.14. The first-order valence-electron chi connectivity index (χ1n) is 4.40. The molecule has 1 rings (SSSR count). The summed E-state index contributed by atoms with van der Waals surface area (Å²) in [4.78, 5) is 11.3. The van der Waals surface area contributed by atoms with Crippen LogP contribution in [0.25, 0.3) is 0 Å². The standard InChI is InChI=1S/C7H11BF3N2O/c1-2-3-12-4-5-13(7(12)14)6-8(9,10)11/h4-5H,2-3,6H2,1H3/q-1. The third-order valence-electron chi connectivity index (χ3n) is 1.79. The van der Waals surface area contributed by atoms with Gasteiger partial charge in [-0.25, -0.2) is 4.79 Å². The summed E-state index contributed by atoms with van der Waals surface area (Å²) in [7, 11) is 0. The lowest BCUT2D eigenvalue weighted by molar-refractivity contribution is 0.441. The van der Waals surface area contributed by atoms with E-state index in [0.29, 0.717) is 11.1 Å². The topological polar surface area (TPSA) is 26.9 Å². The van der Waals surface area contributed by atoms with Crippen LogP contribution in [0.3, 0.4) is 0 Å². The molecule has 0 saturated heterocycles. The van der Waals surface area contributed by atoms with E-state index in [9.17, 15) is 17.7 Å². The number of imidazole rings is 1. The lowest BCUT2D eigenvalue weighted by Crippen LogP contribution is -2.32. The highest BCUT2D eigenvalue weighted by Gasteiger charge is 2.24. The molecule has 1 aromatic heterocycles. The Bertz CT molecular complexity index is 355. The molecule has 1 heterocycles. The number of hydrogen-bond donors (Lipinski definition) is 0. The van der Waals surface area contributed by atoms with Crippen LogP contribution >= 0.6 is 0 Å². The Morgan fingerprint density at radius 2 is 1.86 bits per heavy atom. The van der Waals surface area contributed by atoms with Gasteiger partial charge in [-0.2, -0.15) is 0 Å². The average Bonchev–Trinajstić information content (AvgIpc) is 2.34. The van der Waals surface area contributed by atoms with Crippen LogP contribution < -0.4 is 5.69 Å². The molecule has 1 aromatic rings. The van der Waals surface area contributed by atoms with Crippen molar-refractivity contribution < 1.29 is 12.9 Å². The lowest BCUT2D eigenvalue weighted by atomic mass is 9.92. The normalized spacial score (nSPS) is 12.0. The number of nitrogens with zero attached hydrogens (tertiary/aromatic N) is 2. The Hall–Kier alpha value is -1.14. The van der Waals surface area contributed by atoms with Crippen molar-refractivity contribution in [1.29, 1.82) is 0 Å². The van der Waals surface area contributed by atoms with Gasteiger partial charge in [0.1, 0.15) is 0 Å². The molecule has 14 heavy (non-hydrogen) atoms. The molecule has 0 fully saturated rings. The minimum atomic E-state index is -4.95. The summed E-state index contributed by atoms with van der Waals surface area (Å²) in [6.45, 7) is -2.64. The van der Waals surface area contributed by atoms with Crippen LogP contribution in [-0.2, 0) is 13.0 Å². The van der Waals surface area contributed by atoms with Gasteiger partial charge in [0.05, 0.1) is 0 Å². The van der Waals surface area contributed by atoms with Crippen molar-refractivity contribution >= 4 is 6.98 Å². The smallest absolute Gasteiger partial charge is 0.448 e. The molecule has 0 saturated carbocycles. The number of halogens is 3. The van der Waals surface area contributed by atoms with Gasteiger partial charge in [-0.15, -0.1) is 0 Å². The summed E-state index contributed by atoms with van der Waals surface area (Å²) in [6, 6.07) is 0. The number of aryl methyl sites for hydroxylation is 1. The highest BCUT2D eigenvalue weighted by atomic mass is 19.4. The third-order valence-corrected chi connectivity index (χ3v) is 1.79. The van der Waals surface area contributed by atoms with Crippen molar-refractivity contribution in [3.05, 3.63) is 22.9 Å². The van der Waals surface area contributed by atoms with Gasteiger partial charge in [-0.05, 0) is 12.9 Å². The van der Waals surface area contributed by atoms with E-state index in [2.05, 4.69) is 0 Å². The second-order valence-corrected chi connectivity index (χ2v) is 3.14. The first-order valence-corrected chi connectivity index (χ1v) is 4.40. The Kier molecular flexibility index (Phi) is 3.08. The molecule has 0 radical (unpaired) electrons. The van der Waals surface area contributed by atoms with Gasteiger partial charge in [0, 0.05) is 18.9 Å². The largest absolute Gasteiger partial charge is 0.497 e. The predicted molar refractivity (Wildman–Crippen MR) is 48.1 cm³/mol. The van der Waals surface area contributed by atoms with Crippen LogP contribution in [0.2, 0.25) is 0 Å². The van der Waals surface area contributed by atoms with E-state index in [-0.39, 0.29) is 0 Å². The van der Waals surface area contributed by atoms with E-state index in [1.807, 2.05) is 6.92 Å². The van der Waals surface area contributed by atoms with Crippen molar-refractivity contribution in [3.63, 3.8) is 0 Å². The average molecular weight is 207 g/mol. The summed E-state index contributed by atoms with van der Waals surface area (Å²) in [5.74, 6) is 0. The maximum Gasteiger partial charge on any atom is 0.497 e. The third kappa shape index (κ3) is 2.68. The van der Waals surface area contributed by atoms with Crippen molar-refractivity contribution in [2.45, 2.75) is 26.3 Å². The first kappa shape index (κ1) is 10.9. The highest BCUT2D eigenvalue weighted by Crippen LogP contribution is 2.09. The molecule has 80 valence electrons. The van der Waals surface area contributed by atoms with E-state index in [4.69, 9.17) is 0 Å². The first-order chi connectivity index (χ1) is 6.44. The van der Waals surface area contributed by atoms with Gasteiger partial charge in [0.2, 0.25) is 0 Å². The van der Waals surface area contributed by atoms with E-state index in [0.717, 1.165) is 6.42 Å². The quantitative estimate of drug-likeness (QED) is 0.686. The maximum atomic E-state index is 12.0. The lowest BCUT2D eigenvalue weighted by Gasteiger charge is -2.12. The summed E-state index contributed by atoms with van der Waals surface area (Å²) in [6.07, 6.45) is 2.12. The van der Waals surface area contributed by atoms with Gasteiger partial charge in [-0.3, -0.25) is 4.57 Å². The molecule has 0 atom stereocenters. The van der Waals surface area contributed by atoms with E-state index < -0.39 is 19.1 Å². The molecule has 0 unspecified atom stereocenters. The Morgan fingerprint density at radius 1 is 1.29 bits per heavy atom. The monoisotopic (exact) mass is 207 g/mol. The van der Waals surface area contributed by atoms with E-state index in [1.165, 1.54) is 17.0 Å². The molecule has 0 aliphatic carbocycles. The van der Waals surface area contributed by atoms with Crippen LogP contribution in [0.4, 0.5) is 12.9 Å². The fraction of sp³-hybridized carbons (Fsp3) is 0.571. The molecule has 0 bridgehead atoms. The van der Waals surface area contributed by atoms with Crippen molar-refractivity contribution in [1.82, 2.24) is 9.13 Å². The SMILES string of the molecule is CCCn1ccn(C[B-](F)(F)F)c1=O. The fourth-order valence-corrected chi connectivity index (χ4v) is 1.23. The number of hydrogen-bond acceptors (Lipinski definition) is 1. The summed E-state index contributed by atoms with van der Waals surface area (Å²) in [5.41, 5.74) is -0.592. The van der Waals surface area contributed by atoms with Crippen molar-refractivity contribution in [2.75, 3.05) is 0 Å². The van der Waals surface area contributed by atoms with Gasteiger partial charge >= 0.3 is 12.7 Å². The zero-order chi connectivity index (χ0) is 10.8. The molecule has 0 aliphatic rings. The molecule has 3 nitrogen and oxygen atoms in total. The molecule has 7 heteroatoms. The molecular weight excluding hydrogens is 196 g/mol. The summed E-state index contributed by atoms with van der Waals surface area (Å²) < 4.78 is 38.0. The maximum absolute atomic E-state index is 12.0. The van der Waals surface area contributed by atoms with Crippen LogP contribution in [0.15, 0.2) is 17.2 Å². The van der Waals surface area contributed by atoms with Crippen LogP contribution in [0, 0.1) is 0 Å². The number of aromatic nitrogens is 2. The summed E-state index contributed by atoms with van der Waals surface area (Å²) >= 11 is 0. The minimum Gasteiger partial charge on any atom is -0.448 e. The van der Waals surface area contributed by atoms with Crippen LogP contribution in [0.5, 0.6) is 0 Å². The van der Waals surface area contributed by atoms with Crippen molar-refractivity contribution in [2.24, 2.45) is 0 Å². The fourth-order valence-electron chi connectivity index (χ4n) is 1.23. The van der Waals surface area contributed by atoms with Crippen LogP contribution in [0.1, 0.15) is 13.3 Å². The Balaban J connectivity index is 2.85. The van der Waals surface area contributed by atoms with E-state index >= 15 is 0 Å². The zero-order valence-corrected chi connectivity index (χ0v) is 7.79. The molecule has 0 aromatic carbocycles. The molecule has 0 N–H and O–H groups in total. The summed E-state index contributed by atoms with van der Waals surface area (Å²) in [5, 5.41) is 0. The second kappa shape index (κ2) is 3.94. The van der Waals surface area contributed by atoms with Gasteiger partial charge < -0.3 is 17.5 Å². The zero-order valence-electron chi connectivity index (χ0n) is 7.79. The molecule has 0 amide bonds. The van der Waals surface area contributed by atoms with Gasteiger partial charge in [-0.1, -0.05) is 6.92 Å². The minimum absolute atomic E-state index is 0.455. The van der Waals surface area contributed by atoms with E-state index in [1.54, 1.807) is 0 Å². The Morgan fingerprint density at radius 3 is 2.36 bits per heavy atom. The molecular formula is C7H11BF3N2O-. The van der Waals surface area contributed by atoms with Gasteiger partial charge in [0.15, 0.2) is 0 Å². The Labute approximate surface area is 79.2 Å². The highest BCUT2D eigenvalue weighted by molar-refractivity contribution is 6.57. The molecule has 0 spiro atoms. The predicted octanol–water partition coefficient (Wildman–Crippen LogP) is 1.45. The van der Waals surface area contributed by atoms with Crippen LogP contribution in [-0.4, -0.2) is 16.1 Å². The number of rotatable bonds is 4. The van der Waals surface area contributed by atoms with Crippen molar-refractivity contribution in [3.8, 4) is 0 Å².